The molecule has 0 radical (unpaired) electrons. The molecular weight excluding hydrogens is 380 g/mol. The van der Waals surface area contributed by atoms with Crippen molar-refractivity contribution in [2.24, 2.45) is 0 Å². The number of hydrogen-bond donors (Lipinski definition) is 1. The second kappa shape index (κ2) is 8.97. The maximum atomic E-state index is 12.8. The highest BCUT2D eigenvalue weighted by molar-refractivity contribution is 7.92. The molecule has 8 heteroatoms. The number of sulfonamides is 1. The second-order valence-electron chi connectivity index (χ2n) is 6.44. The van der Waals surface area contributed by atoms with Crippen molar-refractivity contribution >= 4 is 21.6 Å². The third kappa shape index (κ3) is 5.16. The molecule has 0 aliphatic rings. The van der Waals surface area contributed by atoms with Crippen LogP contribution in [0.1, 0.15) is 25.5 Å². The summed E-state index contributed by atoms with van der Waals surface area (Å²) in [5.74, 6) is 0.818. The molecule has 1 N–H and O–H groups in total. The standard InChI is InChI=1S/C20H26N2O5S/c1-14(16-9-11-18(26-3)12-10-16)21-20(23)15(2)22(28(5,24)25)17-7-6-8-19(13-17)27-4/h6-15H,1-5H3,(H,21,23). The van der Waals surface area contributed by atoms with Gasteiger partial charge in [0.15, 0.2) is 0 Å². The van der Waals surface area contributed by atoms with Crippen molar-refractivity contribution < 1.29 is 22.7 Å². The first kappa shape index (κ1) is 21.6. The Morgan fingerprint density at radius 2 is 1.61 bits per heavy atom. The maximum Gasteiger partial charge on any atom is 0.244 e. The van der Waals surface area contributed by atoms with Crippen LogP contribution in [0.25, 0.3) is 0 Å². The van der Waals surface area contributed by atoms with E-state index in [1.54, 1.807) is 50.4 Å². The van der Waals surface area contributed by atoms with Gasteiger partial charge in [-0.2, -0.15) is 0 Å². The number of benzene rings is 2. The van der Waals surface area contributed by atoms with E-state index in [1.807, 2.05) is 19.1 Å². The number of carbonyl (C=O) groups is 1. The van der Waals surface area contributed by atoms with E-state index >= 15 is 0 Å². The first-order valence-corrected chi connectivity index (χ1v) is 10.6. The molecule has 2 aromatic carbocycles. The first-order chi connectivity index (χ1) is 13.2. The van der Waals surface area contributed by atoms with Crippen LogP contribution in [-0.4, -0.2) is 40.8 Å². The van der Waals surface area contributed by atoms with Crippen LogP contribution in [0.15, 0.2) is 48.5 Å². The normalized spacial score (nSPS) is 13.3. The van der Waals surface area contributed by atoms with Gasteiger partial charge in [-0.15, -0.1) is 0 Å². The zero-order valence-corrected chi connectivity index (χ0v) is 17.5. The van der Waals surface area contributed by atoms with Crippen LogP contribution in [-0.2, 0) is 14.8 Å². The van der Waals surface area contributed by atoms with E-state index in [0.29, 0.717) is 11.4 Å². The third-order valence-corrected chi connectivity index (χ3v) is 5.61. The van der Waals surface area contributed by atoms with Crippen molar-refractivity contribution in [2.45, 2.75) is 25.9 Å². The molecule has 2 atom stereocenters. The van der Waals surface area contributed by atoms with Gasteiger partial charge in [0.05, 0.1) is 32.2 Å². The summed E-state index contributed by atoms with van der Waals surface area (Å²) in [7, 11) is -0.616. The number of nitrogens with zero attached hydrogens (tertiary/aromatic N) is 1. The highest BCUT2D eigenvalue weighted by Gasteiger charge is 2.30. The van der Waals surface area contributed by atoms with Crippen LogP contribution in [0.4, 0.5) is 5.69 Å². The monoisotopic (exact) mass is 406 g/mol. The van der Waals surface area contributed by atoms with E-state index in [2.05, 4.69) is 5.32 Å². The number of nitrogens with one attached hydrogen (secondary N) is 1. The van der Waals surface area contributed by atoms with Crippen molar-refractivity contribution in [1.29, 1.82) is 0 Å². The average Bonchev–Trinajstić information content (AvgIpc) is 2.67. The summed E-state index contributed by atoms with van der Waals surface area (Å²) >= 11 is 0. The van der Waals surface area contributed by atoms with Gasteiger partial charge in [0.25, 0.3) is 0 Å². The van der Waals surface area contributed by atoms with Crippen LogP contribution in [0.2, 0.25) is 0 Å². The fraction of sp³-hybridized carbons (Fsp3) is 0.350. The number of rotatable bonds is 8. The van der Waals surface area contributed by atoms with Crippen molar-refractivity contribution in [1.82, 2.24) is 5.32 Å². The van der Waals surface area contributed by atoms with Gasteiger partial charge in [-0.3, -0.25) is 9.10 Å². The fourth-order valence-electron chi connectivity index (χ4n) is 2.87. The van der Waals surface area contributed by atoms with E-state index in [4.69, 9.17) is 9.47 Å². The van der Waals surface area contributed by atoms with Gasteiger partial charge >= 0.3 is 0 Å². The molecule has 0 heterocycles. The van der Waals surface area contributed by atoms with Gasteiger partial charge in [-0.25, -0.2) is 8.42 Å². The van der Waals surface area contributed by atoms with E-state index in [-0.39, 0.29) is 6.04 Å². The third-order valence-electron chi connectivity index (χ3n) is 4.37. The van der Waals surface area contributed by atoms with E-state index < -0.39 is 22.0 Å². The Balaban J connectivity index is 2.23. The number of anilines is 1. The van der Waals surface area contributed by atoms with E-state index in [9.17, 15) is 13.2 Å². The Bertz CT molecular complexity index is 912. The predicted octanol–water partition coefficient (Wildman–Crippen LogP) is 2.74. The van der Waals surface area contributed by atoms with Crippen LogP contribution >= 0.6 is 0 Å². The molecule has 0 spiro atoms. The Morgan fingerprint density at radius 3 is 2.14 bits per heavy atom. The number of amides is 1. The Labute approximate surface area is 166 Å². The molecule has 0 aliphatic carbocycles. The lowest BCUT2D eigenvalue weighted by atomic mass is 10.1. The van der Waals surface area contributed by atoms with E-state index in [1.165, 1.54) is 7.11 Å². The summed E-state index contributed by atoms with van der Waals surface area (Å²) in [5.41, 5.74) is 1.25. The fourth-order valence-corrected chi connectivity index (χ4v) is 4.03. The number of methoxy groups -OCH3 is 2. The minimum Gasteiger partial charge on any atom is -0.497 e. The van der Waals surface area contributed by atoms with Crippen molar-refractivity contribution in [2.75, 3.05) is 24.8 Å². The SMILES string of the molecule is COc1ccc(C(C)NC(=O)C(C)N(c2cccc(OC)c2)S(C)(=O)=O)cc1. The summed E-state index contributed by atoms with van der Waals surface area (Å²) < 4.78 is 36.2. The Hall–Kier alpha value is -2.74. The van der Waals surface area contributed by atoms with Crippen LogP contribution in [0.5, 0.6) is 11.5 Å². The van der Waals surface area contributed by atoms with Crippen molar-refractivity contribution in [3.63, 3.8) is 0 Å². The molecular formula is C20H26N2O5S. The molecule has 0 fully saturated rings. The molecule has 7 nitrogen and oxygen atoms in total. The predicted molar refractivity (Wildman–Crippen MR) is 109 cm³/mol. The Kier molecular flexibility index (Phi) is 6.90. The minimum atomic E-state index is -3.70. The quantitative estimate of drug-likeness (QED) is 0.729. The molecule has 28 heavy (non-hydrogen) atoms. The largest absolute Gasteiger partial charge is 0.497 e. The summed E-state index contributed by atoms with van der Waals surface area (Å²) in [6.45, 7) is 3.39. The lowest BCUT2D eigenvalue weighted by Gasteiger charge is -2.29. The molecule has 2 rings (SSSR count). The molecule has 2 aromatic rings. The van der Waals surface area contributed by atoms with Crippen LogP contribution in [0.3, 0.4) is 0 Å². The average molecular weight is 407 g/mol. The summed E-state index contributed by atoms with van der Waals surface area (Å²) in [4.78, 5) is 12.8. The zero-order chi connectivity index (χ0) is 20.9. The van der Waals surface area contributed by atoms with Crippen LogP contribution in [0, 0.1) is 0 Å². The molecule has 0 aromatic heterocycles. The van der Waals surface area contributed by atoms with Gasteiger partial charge in [0.1, 0.15) is 17.5 Å². The van der Waals surface area contributed by atoms with Crippen molar-refractivity contribution in [3.05, 3.63) is 54.1 Å². The number of carbonyl (C=O) groups excluding carboxylic acids is 1. The van der Waals surface area contributed by atoms with E-state index in [0.717, 1.165) is 21.9 Å². The molecule has 0 saturated carbocycles. The first-order valence-electron chi connectivity index (χ1n) is 8.75. The molecule has 0 aliphatic heterocycles. The minimum absolute atomic E-state index is 0.299. The van der Waals surface area contributed by atoms with Gasteiger partial charge in [-0.05, 0) is 43.7 Å². The molecule has 152 valence electrons. The summed E-state index contributed by atoms with van der Waals surface area (Å²) in [6.07, 6.45) is 1.07. The highest BCUT2D eigenvalue weighted by atomic mass is 32.2. The zero-order valence-electron chi connectivity index (χ0n) is 16.7. The second-order valence-corrected chi connectivity index (χ2v) is 8.30. The summed E-state index contributed by atoms with van der Waals surface area (Å²) in [5, 5.41) is 2.87. The van der Waals surface area contributed by atoms with Gasteiger partial charge < -0.3 is 14.8 Å². The molecule has 0 saturated heterocycles. The maximum absolute atomic E-state index is 12.8. The van der Waals surface area contributed by atoms with Crippen LogP contribution < -0.4 is 19.1 Å². The number of hydrogen-bond acceptors (Lipinski definition) is 5. The Morgan fingerprint density at radius 1 is 1.00 bits per heavy atom. The lowest BCUT2D eigenvalue weighted by Crippen LogP contribution is -2.48. The number of ether oxygens (including phenoxy) is 2. The summed E-state index contributed by atoms with van der Waals surface area (Å²) in [6, 6.07) is 12.7. The lowest BCUT2D eigenvalue weighted by molar-refractivity contribution is -0.122. The van der Waals surface area contributed by atoms with Crippen molar-refractivity contribution in [3.8, 4) is 11.5 Å². The molecule has 0 bridgehead atoms. The van der Waals surface area contributed by atoms with Gasteiger partial charge in [0, 0.05) is 6.07 Å². The van der Waals surface area contributed by atoms with Gasteiger partial charge in [0.2, 0.25) is 15.9 Å². The molecule has 1 amide bonds. The topological polar surface area (TPSA) is 84.9 Å². The molecule has 2 unspecified atom stereocenters. The highest BCUT2D eigenvalue weighted by Crippen LogP contribution is 2.26. The smallest absolute Gasteiger partial charge is 0.244 e. The van der Waals surface area contributed by atoms with Gasteiger partial charge in [-0.1, -0.05) is 18.2 Å².